The van der Waals surface area contributed by atoms with Crippen molar-refractivity contribution in [2.75, 3.05) is 20.1 Å². The number of carbonyl (C=O) groups excluding carboxylic acids is 1. The molecule has 1 spiro atoms. The Morgan fingerprint density at radius 3 is 2.31 bits per heavy atom. The van der Waals surface area contributed by atoms with E-state index in [1.807, 2.05) is 11.9 Å². The molecule has 0 atom stereocenters. The summed E-state index contributed by atoms with van der Waals surface area (Å²) in [6.45, 7) is 6.25. The van der Waals surface area contributed by atoms with E-state index in [0.717, 1.165) is 25.9 Å². The van der Waals surface area contributed by atoms with Gasteiger partial charge in [0.25, 0.3) is 0 Å². The molecule has 2 rings (SSSR count). The topological polar surface area (TPSA) is 32.3 Å². The zero-order valence-corrected chi connectivity index (χ0v) is 8.68. The van der Waals surface area contributed by atoms with Gasteiger partial charge in [-0.2, -0.15) is 0 Å². The Labute approximate surface area is 79.5 Å². The summed E-state index contributed by atoms with van der Waals surface area (Å²) in [4.78, 5) is 13.6. The molecule has 13 heavy (non-hydrogen) atoms. The lowest BCUT2D eigenvalue weighted by molar-refractivity contribution is -0.188. The van der Waals surface area contributed by atoms with Crippen LogP contribution in [-0.2, 0) is 4.79 Å². The monoisotopic (exact) mass is 182 g/mol. The molecule has 0 aliphatic carbocycles. The van der Waals surface area contributed by atoms with Gasteiger partial charge < -0.3 is 10.2 Å². The summed E-state index contributed by atoms with van der Waals surface area (Å²) in [7, 11) is 1.94. The number of β-lactam (4-membered cyclic amide) rings is 1. The van der Waals surface area contributed by atoms with Gasteiger partial charge in [0, 0.05) is 7.05 Å². The van der Waals surface area contributed by atoms with E-state index < -0.39 is 0 Å². The molecule has 1 N–H and O–H groups in total. The van der Waals surface area contributed by atoms with Crippen LogP contribution in [0.25, 0.3) is 0 Å². The molecular weight excluding hydrogens is 164 g/mol. The maximum Gasteiger partial charge on any atom is 0.230 e. The molecule has 0 saturated carbocycles. The molecule has 2 aliphatic rings. The number of nitrogens with one attached hydrogen (secondary N) is 1. The second-order valence-electron chi connectivity index (χ2n) is 4.77. The number of hydrogen-bond donors (Lipinski definition) is 1. The first kappa shape index (κ1) is 9.00. The fraction of sp³-hybridized carbons (Fsp3) is 0.900. The van der Waals surface area contributed by atoms with Crippen molar-refractivity contribution in [3.8, 4) is 0 Å². The third kappa shape index (κ3) is 0.857. The van der Waals surface area contributed by atoms with Crippen LogP contribution in [-0.4, -0.2) is 36.5 Å². The van der Waals surface area contributed by atoms with Crippen LogP contribution in [0.1, 0.15) is 26.7 Å². The number of hydrogen-bond acceptors (Lipinski definition) is 2. The van der Waals surface area contributed by atoms with Crippen molar-refractivity contribution in [3.05, 3.63) is 0 Å². The lowest BCUT2D eigenvalue weighted by Crippen LogP contribution is -2.76. The Balaban J connectivity index is 2.26. The number of rotatable bonds is 0. The molecule has 2 fully saturated rings. The number of piperidine rings is 1. The fourth-order valence-electron chi connectivity index (χ4n) is 2.98. The highest BCUT2D eigenvalue weighted by Gasteiger charge is 2.63. The molecule has 0 bridgehead atoms. The second-order valence-corrected chi connectivity index (χ2v) is 4.77. The average Bonchev–Trinajstić information content (AvgIpc) is 2.16. The van der Waals surface area contributed by atoms with Crippen molar-refractivity contribution in [3.63, 3.8) is 0 Å². The van der Waals surface area contributed by atoms with E-state index in [1.54, 1.807) is 0 Å². The Kier molecular flexibility index (Phi) is 1.71. The number of carbonyl (C=O) groups is 1. The van der Waals surface area contributed by atoms with E-state index in [-0.39, 0.29) is 11.0 Å². The summed E-state index contributed by atoms with van der Waals surface area (Å²) < 4.78 is 0. The smallest absolute Gasteiger partial charge is 0.230 e. The van der Waals surface area contributed by atoms with Gasteiger partial charge in [-0.15, -0.1) is 0 Å². The molecular formula is C10H18N2O. The third-order valence-electron chi connectivity index (χ3n) is 4.08. The van der Waals surface area contributed by atoms with E-state index in [9.17, 15) is 4.79 Å². The van der Waals surface area contributed by atoms with E-state index in [0.29, 0.717) is 5.91 Å². The maximum absolute atomic E-state index is 11.7. The first-order chi connectivity index (χ1) is 6.02. The molecule has 0 aromatic rings. The minimum atomic E-state index is -0.135. The quantitative estimate of drug-likeness (QED) is 0.557. The van der Waals surface area contributed by atoms with Gasteiger partial charge in [0.15, 0.2) is 0 Å². The minimum Gasteiger partial charge on any atom is -0.338 e. The number of likely N-dealkylation sites (tertiary alicyclic amines) is 1. The Bertz CT molecular complexity index is 241. The van der Waals surface area contributed by atoms with Crippen molar-refractivity contribution in [2.24, 2.45) is 5.41 Å². The van der Waals surface area contributed by atoms with Gasteiger partial charge in [0.2, 0.25) is 5.91 Å². The maximum atomic E-state index is 11.7. The SMILES string of the molecule is CN1C(=O)C(C)(C)C12CCNCC2. The van der Waals surface area contributed by atoms with Crippen LogP contribution in [0, 0.1) is 5.41 Å². The second kappa shape index (κ2) is 2.47. The first-order valence-electron chi connectivity index (χ1n) is 5.01. The Morgan fingerprint density at radius 1 is 1.31 bits per heavy atom. The lowest BCUT2D eigenvalue weighted by atomic mass is 9.58. The molecule has 74 valence electrons. The van der Waals surface area contributed by atoms with E-state index in [1.165, 1.54) is 0 Å². The van der Waals surface area contributed by atoms with Gasteiger partial charge in [-0.25, -0.2) is 0 Å². The predicted molar refractivity (Wildman–Crippen MR) is 51.4 cm³/mol. The molecule has 0 aromatic carbocycles. The van der Waals surface area contributed by atoms with E-state index >= 15 is 0 Å². The Hall–Kier alpha value is -0.570. The van der Waals surface area contributed by atoms with Crippen LogP contribution in [0.3, 0.4) is 0 Å². The van der Waals surface area contributed by atoms with Crippen LogP contribution < -0.4 is 5.32 Å². The van der Waals surface area contributed by atoms with Crippen molar-refractivity contribution >= 4 is 5.91 Å². The summed E-state index contributed by atoms with van der Waals surface area (Å²) in [6.07, 6.45) is 2.20. The van der Waals surface area contributed by atoms with E-state index in [4.69, 9.17) is 0 Å². The van der Waals surface area contributed by atoms with Crippen LogP contribution >= 0.6 is 0 Å². The van der Waals surface area contributed by atoms with Crippen molar-refractivity contribution in [1.82, 2.24) is 10.2 Å². The molecule has 2 saturated heterocycles. The van der Waals surface area contributed by atoms with Gasteiger partial charge in [-0.1, -0.05) is 0 Å². The lowest BCUT2D eigenvalue weighted by Gasteiger charge is -2.63. The molecule has 2 heterocycles. The van der Waals surface area contributed by atoms with Crippen LogP contribution in [0.4, 0.5) is 0 Å². The zero-order valence-electron chi connectivity index (χ0n) is 8.68. The van der Waals surface area contributed by atoms with E-state index in [2.05, 4.69) is 19.2 Å². The van der Waals surface area contributed by atoms with Crippen molar-refractivity contribution in [2.45, 2.75) is 32.2 Å². The largest absolute Gasteiger partial charge is 0.338 e. The van der Waals surface area contributed by atoms with Crippen molar-refractivity contribution < 1.29 is 4.79 Å². The number of nitrogens with zero attached hydrogens (tertiary/aromatic N) is 1. The summed E-state index contributed by atoms with van der Waals surface area (Å²) in [5, 5.41) is 3.34. The molecule has 0 aromatic heterocycles. The summed E-state index contributed by atoms with van der Waals surface area (Å²) in [5.41, 5.74) is 0.0131. The highest BCUT2D eigenvalue weighted by molar-refractivity contribution is 5.91. The van der Waals surface area contributed by atoms with Gasteiger partial charge in [-0.05, 0) is 39.8 Å². The normalized spacial score (nSPS) is 30.4. The predicted octanol–water partition coefficient (Wildman–Crippen LogP) is 0.607. The van der Waals surface area contributed by atoms with Crippen LogP contribution in [0.2, 0.25) is 0 Å². The van der Waals surface area contributed by atoms with Crippen LogP contribution in [0.15, 0.2) is 0 Å². The fourth-order valence-corrected chi connectivity index (χ4v) is 2.98. The third-order valence-corrected chi connectivity index (χ3v) is 4.08. The molecule has 0 radical (unpaired) electrons. The average molecular weight is 182 g/mol. The van der Waals surface area contributed by atoms with Crippen molar-refractivity contribution in [1.29, 1.82) is 0 Å². The molecule has 3 heteroatoms. The molecule has 0 unspecified atom stereocenters. The zero-order chi connectivity index (χ0) is 9.69. The van der Waals surface area contributed by atoms with Gasteiger partial charge in [0.1, 0.15) is 0 Å². The summed E-state index contributed by atoms with van der Waals surface area (Å²) in [6, 6.07) is 0. The summed E-state index contributed by atoms with van der Waals surface area (Å²) >= 11 is 0. The highest BCUT2D eigenvalue weighted by atomic mass is 16.2. The van der Waals surface area contributed by atoms with Gasteiger partial charge in [-0.3, -0.25) is 4.79 Å². The van der Waals surface area contributed by atoms with Gasteiger partial charge >= 0.3 is 0 Å². The standard InChI is InChI=1S/C10H18N2O/c1-9(2)8(13)12(3)10(9)4-6-11-7-5-10/h11H,4-7H2,1-3H3. The first-order valence-corrected chi connectivity index (χ1v) is 5.01. The summed E-state index contributed by atoms with van der Waals surface area (Å²) in [5.74, 6) is 0.300. The molecule has 3 nitrogen and oxygen atoms in total. The van der Waals surface area contributed by atoms with Crippen LogP contribution in [0.5, 0.6) is 0 Å². The molecule has 2 aliphatic heterocycles. The van der Waals surface area contributed by atoms with Gasteiger partial charge in [0.05, 0.1) is 11.0 Å². The highest BCUT2D eigenvalue weighted by Crippen LogP contribution is 2.51. The molecule has 1 amide bonds. The minimum absolute atomic E-state index is 0.135. The Morgan fingerprint density at radius 2 is 1.85 bits per heavy atom. The number of amides is 1.